The molecule has 0 saturated carbocycles. The molecule has 9 heteroatoms. The second-order valence-corrected chi connectivity index (χ2v) is 11.3. The third kappa shape index (κ3) is 3.83. The van der Waals surface area contributed by atoms with Gasteiger partial charge in [0.1, 0.15) is 11.6 Å². The number of hydrogen-bond acceptors (Lipinski definition) is 5. The van der Waals surface area contributed by atoms with Gasteiger partial charge in [0, 0.05) is 0 Å². The van der Waals surface area contributed by atoms with Crippen LogP contribution in [0.25, 0.3) is 11.3 Å². The van der Waals surface area contributed by atoms with Gasteiger partial charge in [-0.1, -0.05) is 32.9 Å². The summed E-state index contributed by atoms with van der Waals surface area (Å²) in [5, 5.41) is 8.55. The summed E-state index contributed by atoms with van der Waals surface area (Å²) in [7, 11) is -2.40. The van der Waals surface area contributed by atoms with Crippen molar-refractivity contribution in [3.8, 4) is 11.3 Å². The maximum absolute atomic E-state index is 14.4. The predicted molar refractivity (Wildman–Crippen MR) is 121 cm³/mol. The lowest BCUT2D eigenvalue weighted by Crippen LogP contribution is -2.41. The van der Waals surface area contributed by atoms with Gasteiger partial charge >= 0.3 is 0 Å². The molecule has 4 rings (SSSR count). The van der Waals surface area contributed by atoms with Crippen molar-refractivity contribution in [1.82, 2.24) is 19.9 Å². The van der Waals surface area contributed by atoms with Gasteiger partial charge in [0.2, 0.25) is 0 Å². The van der Waals surface area contributed by atoms with Crippen molar-refractivity contribution in [3.63, 3.8) is 0 Å². The smallest absolute Gasteiger partial charge is 0.239 e. The lowest BCUT2D eigenvalue weighted by Gasteiger charge is -2.46. The average molecular weight is 473 g/mol. The summed E-state index contributed by atoms with van der Waals surface area (Å²) in [6.45, 7) is 8.22. The second kappa shape index (κ2) is 7.92. The highest BCUT2D eigenvalue weighted by atomic mass is 32.2. The van der Waals surface area contributed by atoms with Crippen LogP contribution in [0.15, 0.2) is 47.5 Å². The molecule has 0 bridgehead atoms. The lowest BCUT2D eigenvalue weighted by molar-refractivity contribution is 0.194. The summed E-state index contributed by atoms with van der Waals surface area (Å²) < 4.78 is 55.9. The van der Waals surface area contributed by atoms with E-state index >= 15 is 0 Å². The van der Waals surface area contributed by atoms with E-state index in [0.29, 0.717) is 17.8 Å². The number of nitrogens with zero attached hydrogens (tertiary/aromatic N) is 3. The summed E-state index contributed by atoms with van der Waals surface area (Å²) in [5.41, 5.74) is 0.880. The molecule has 0 saturated heterocycles. The monoisotopic (exact) mass is 472 g/mol. The van der Waals surface area contributed by atoms with Crippen LogP contribution >= 0.6 is 0 Å². The van der Waals surface area contributed by atoms with Crippen molar-refractivity contribution < 1.29 is 17.2 Å². The highest BCUT2D eigenvalue weighted by Gasteiger charge is 2.48. The van der Waals surface area contributed by atoms with Gasteiger partial charge in [0.05, 0.1) is 28.1 Å². The van der Waals surface area contributed by atoms with E-state index in [1.165, 1.54) is 31.3 Å². The Labute approximate surface area is 192 Å². The normalized spacial score (nSPS) is 22.1. The fourth-order valence-corrected chi connectivity index (χ4v) is 5.47. The van der Waals surface area contributed by atoms with Crippen molar-refractivity contribution in [3.05, 3.63) is 71.1 Å². The summed E-state index contributed by atoms with van der Waals surface area (Å²) in [4.78, 5) is 4.47. The average Bonchev–Trinajstić information content (AvgIpc) is 2.77. The number of rotatable bonds is 4. The Morgan fingerprint density at radius 2 is 1.67 bits per heavy atom. The van der Waals surface area contributed by atoms with Gasteiger partial charge < -0.3 is 0 Å². The molecule has 174 valence electrons. The van der Waals surface area contributed by atoms with Gasteiger partial charge in [-0.3, -0.25) is 0 Å². The van der Waals surface area contributed by atoms with Crippen LogP contribution in [0, 0.1) is 17.0 Å². The minimum absolute atomic E-state index is 0.00823. The van der Waals surface area contributed by atoms with E-state index in [1.54, 1.807) is 18.2 Å². The number of pyridine rings is 1. The molecule has 0 unspecified atom stereocenters. The number of aromatic nitrogens is 3. The molecule has 0 radical (unpaired) electrons. The number of fused-ring (bicyclic) bond motifs is 1. The molecule has 33 heavy (non-hydrogen) atoms. The van der Waals surface area contributed by atoms with Crippen LogP contribution in [0.1, 0.15) is 57.0 Å². The third-order valence-corrected chi connectivity index (χ3v) is 8.16. The Morgan fingerprint density at radius 3 is 2.30 bits per heavy atom. The maximum atomic E-state index is 14.4. The first-order valence-electron chi connectivity index (χ1n) is 10.6. The zero-order chi connectivity index (χ0) is 24.2. The van der Waals surface area contributed by atoms with E-state index in [0.717, 1.165) is 5.56 Å². The predicted octanol–water partition coefficient (Wildman–Crippen LogP) is 4.56. The van der Waals surface area contributed by atoms with Crippen LogP contribution in [-0.4, -0.2) is 30.6 Å². The van der Waals surface area contributed by atoms with Crippen molar-refractivity contribution in [2.45, 2.75) is 50.5 Å². The van der Waals surface area contributed by atoms with E-state index in [4.69, 9.17) is 0 Å². The van der Waals surface area contributed by atoms with Crippen LogP contribution < -0.4 is 4.72 Å². The summed E-state index contributed by atoms with van der Waals surface area (Å²) in [6, 6.07) is 10.2. The van der Waals surface area contributed by atoms with E-state index in [1.807, 2.05) is 6.92 Å². The SMILES string of the molecule is CNS(=O)(=O)c1cccc([C@]2(C)CC(C)(C)[C@@H](C)c3cc(-c4c(F)cccc4F)nnc32)n1. The second-order valence-electron chi connectivity index (χ2n) is 9.42. The Kier molecular flexibility index (Phi) is 5.61. The standard InChI is InChI=1S/C24H26F2N4O2S/c1-14-15-12-18(21-16(25)8-6-9-17(21)26)29-30-22(15)24(4,13-23(14,2)3)19-10-7-11-20(28-19)33(31,32)27-5/h6-12,14,27H,13H2,1-5H3/t14-,24-/m0/s1. The van der Waals surface area contributed by atoms with Gasteiger partial charge in [-0.25, -0.2) is 26.9 Å². The molecular weight excluding hydrogens is 446 g/mol. The van der Waals surface area contributed by atoms with Crippen molar-refractivity contribution >= 4 is 10.0 Å². The molecular formula is C24H26F2N4O2S. The molecule has 2 heterocycles. The van der Waals surface area contributed by atoms with Crippen molar-refractivity contribution in [1.29, 1.82) is 0 Å². The molecule has 0 fully saturated rings. The number of hydrogen-bond donors (Lipinski definition) is 1. The molecule has 0 amide bonds. The molecule has 2 atom stereocenters. The molecule has 2 aromatic heterocycles. The van der Waals surface area contributed by atoms with E-state index in [2.05, 4.69) is 40.7 Å². The van der Waals surface area contributed by atoms with Crippen molar-refractivity contribution in [2.24, 2.45) is 5.41 Å². The molecule has 1 aromatic carbocycles. The summed E-state index contributed by atoms with van der Waals surface area (Å²) in [5.74, 6) is -1.41. The highest BCUT2D eigenvalue weighted by Crippen LogP contribution is 2.54. The Hall–Kier alpha value is -2.78. The van der Waals surface area contributed by atoms with Gasteiger partial charge in [-0.15, -0.1) is 5.10 Å². The minimum atomic E-state index is -3.74. The van der Waals surface area contributed by atoms with E-state index < -0.39 is 27.1 Å². The van der Waals surface area contributed by atoms with Crippen molar-refractivity contribution in [2.75, 3.05) is 7.05 Å². The Morgan fingerprint density at radius 1 is 1.03 bits per heavy atom. The van der Waals surface area contributed by atoms with E-state index in [9.17, 15) is 17.2 Å². The maximum Gasteiger partial charge on any atom is 0.257 e. The molecule has 1 aliphatic rings. The van der Waals surface area contributed by atoms with Gasteiger partial charge in [0.15, 0.2) is 5.03 Å². The lowest BCUT2D eigenvalue weighted by atomic mass is 9.58. The first kappa shape index (κ1) is 23.4. The largest absolute Gasteiger partial charge is 0.257 e. The van der Waals surface area contributed by atoms with Crippen LogP contribution in [0.5, 0.6) is 0 Å². The number of halogens is 2. The zero-order valence-electron chi connectivity index (χ0n) is 19.1. The molecule has 1 aliphatic carbocycles. The summed E-state index contributed by atoms with van der Waals surface area (Å²) in [6.07, 6.45) is 0.631. The first-order chi connectivity index (χ1) is 15.4. The zero-order valence-corrected chi connectivity index (χ0v) is 20.0. The molecule has 0 aliphatic heterocycles. The molecule has 0 spiro atoms. The van der Waals surface area contributed by atoms with Crippen LogP contribution in [-0.2, 0) is 15.4 Å². The molecule has 6 nitrogen and oxygen atoms in total. The van der Waals surface area contributed by atoms with Crippen LogP contribution in [0.3, 0.4) is 0 Å². The number of nitrogens with one attached hydrogen (secondary N) is 1. The number of sulfonamides is 1. The Balaban J connectivity index is 1.94. The Bertz CT molecular complexity index is 1320. The number of benzene rings is 1. The minimum Gasteiger partial charge on any atom is -0.239 e. The summed E-state index contributed by atoms with van der Waals surface area (Å²) >= 11 is 0. The molecule has 3 aromatic rings. The first-order valence-corrected chi connectivity index (χ1v) is 12.1. The van der Waals surface area contributed by atoms with Gasteiger partial charge in [0.25, 0.3) is 10.0 Å². The van der Waals surface area contributed by atoms with Gasteiger partial charge in [-0.2, -0.15) is 5.10 Å². The molecule has 1 N–H and O–H groups in total. The highest BCUT2D eigenvalue weighted by molar-refractivity contribution is 7.89. The fourth-order valence-electron chi connectivity index (χ4n) is 4.79. The van der Waals surface area contributed by atoms with Crippen LogP contribution in [0.4, 0.5) is 8.78 Å². The topological polar surface area (TPSA) is 84.8 Å². The third-order valence-electron chi connectivity index (χ3n) is 6.85. The van der Waals surface area contributed by atoms with E-state index in [-0.39, 0.29) is 27.6 Å². The quantitative estimate of drug-likeness (QED) is 0.602. The van der Waals surface area contributed by atoms with Gasteiger partial charge in [-0.05, 0) is 67.6 Å². The van der Waals surface area contributed by atoms with Crippen LogP contribution in [0.2, 0.25) is 0 Å². The fraction of sp³-hybridized carbons (Fsp3) is 0.375.